The molecule has 21 heavy (non-hydrogen) atoms. The second-order valence-corrected chi connectivity index (χ2v) is 4.83. The summed E-state index contributed by atoms with van der Waals surface area (Å²) in [6.07, 6.45) is 0.370. The fraction of sp³-hybridized carbons (Fsp3) is 0.467. The maximum atomic E-state index is 9.87. The third-order valence-corrected chi connectivity index (χ3v) is 2.98. The second-order valence-electron chi connectivity index (χ2n) is 4.83. The SMILES string of the molecule is CCc1cccc(OCC(O)CNCc2noc(C)n2)c1. The minimum atomic E-state index is -0.594. The van der Waals surface area contributed by atoms with Gasteiger partial charge in [-0.3, -0.25) is 0 Å². The van der Waals surface area contributed by atoms with Crippen molar-refractivity contribution in [3.8, 4) is 5.75 Å². The molecule has 0 radical (unpaired) electrons. The van der Waals surface area contributed by atoms with E-state index in [9.17, 15) is 5.11 Å². The highest BCUT2D eigenvalue weighted by Gasteiger charge is 2.07. The molecule has 114 valence electrons. The summed E-state index contributed by atoms with van der Waals surface area (Å²) in [4.78, 5) is 4.07. The number of nitrogens with zero attached hydrogens (tertiary/aromatic N) is 2. The molecule has 0 saturated heterocycles. The Hall–Kier alpha value is -1.92. The van der Waals surface area contributed by atoms with Gasteiger partial charge in [-0.2, -0.15) is 4.98 Å². The summed E-state index contributed by atoms with van der Waals surface area (Å²) in [5.74, 6) is 1.89. The number of aryl methyl sites for hydroxylation is 2. The van der Waals surface area contributed by atoms with E-state index in [1.54, 1.807) is 6.92 Å². The van der Waals surface area contributed by atoms with E-state index in [4.69, 9.17) is 9.26 Å². The minimum Gasteiger partial charge on any atom is -0.491 e. The zero-order chi connectivity index (χ0) is 15.1. The predicted octanol–water partition coefficient (Wildman–Crippen LogP) is 1.47. The van der Waals surface area contributed by atoms with Gasteiger partial charge in [0.2, 0.25) is 5.89 Å². The summed E-state index contributed by atoms with van der Waals surface area (Å²) < 4.78 is 10.4. The predicted molar refractivity (Wildman–Crippen MR) is 78.1 cm³/mol. The van der Waals surface area contributed by atoms with Crippen LogP contribution in [0.5, 0.6) is 5.75 Å². The van der Waals surface area contributed by atoms with Crippen LogP contribution in [0.25, 0.3) is 0 Å². The van der Waals surface area contributed by atoms with Crippen LogP contribution in [0.3, 0.4) is 0 Å². The molecule has 2 N–H and O–H groups in total. The van der Waals surface area contributed by atoms with Crippen LogP contribution in [0.15, 0.2) is 28.8 Å². The molecular weight excluding hydrogens is 270 g/mol. The maximum absolute atomic E-state index is 9.87. The van der Waals surface area contributed by atoms with Crippen LogP contribution in [0.1, 0.15) is 24.2 Å². The molecule has 1 aromatic carbocycles. The standard InChI is InChI=1S/C15H21N3O3/c1-3-12-5-4-6-14(7-12)20-10-13(19)8-16-9-15-17-11(2)21-18-15/h4-7,13,16,19H,3,8-10H2,1-2H3. The smallest absolute Gasteiger partial charge is 0.223 e. The Morgan fingerprint density at radius 2 is 2.29 bits per heavy atom. The van der Waals surface area contributed by atoms with Gasteiger partial charge in [-0.15, -0.1) is 0 Å². The summed E-state index contributed by atoms with van der Waals surface area (Å²) in [5, 5.41) is 16.7. The second kappa shape index (κ2) is 7.75. The van der Waals surface area contributed by atoms with E-state index in [1.807, 2.05) is 18.2 Å². The number of hydrogen-bond acceptors (Lipinski definition) is 6. The molecule has 0 aliphatic carbocycles. The lowest BCUT2D eigenvalue weighted by Gasteiger charge is -2.13. The van der Waals surface area contributed by atoms with E-state index in [1.165, 1.54) is 5.56 Å². The van der Waals surface area contributed by atoms with Crippen molar-refractivity contribution < 1.29 is 14.4 Å². The van der Waals surface area contributed by atoms with Crippen LogP contribution >= 0.6 is 0 Å². The molecule has 2 rings (SSSR count). The van der Waals surface area contributed by atoms with Crippen molar-refractivity contribution in [1.82, 2.24) is 15.5 Å². The van der Waals surface area contributed by atoms with Crippen LogP contribution in [-0.2, 0) is 13.0 Å². The summed E-state index contributed by atoms with van der Waals surface area (Å²) in [6.45, 7) is 4.94. The largest absolute Gasteiger partial charge is 0.491 e. The molecular formula is C15H21N3O3. The fourth-order valence-corrected chi connectivity index (χ4v) is 1.87. The number of aromatic nitrogens is 2. The van der Waals surface area contributed by atoms with Gasteiger partial charge in [-0.05, 0) is 24.1 Å². The lowest BCUT2D eigenvalue weighted by atomic mass is 10.2. The van der Waals surface area contributed by atoms with Crippen molar-refractivity contribution in [2.75, 3.05) is 13.2 Å². The molecule has 0 amide bonds. The average Bonchev–Trinajstić information content (AvgIpc) is 2.91. The van der Waals surface area contributed by atoms with Gasteiger partial charge in [-0.1, -0.05) is 24.2 Å². The maximum Gasteiger partial charge on any atom is 0.223 e. The Kier molecular flexibility index (Phi) is 5.71. The van der Waals surface area contributed by atoms with E-state index in [0.717, 1.165) is 12.2 Å². The van der Waals surface area contributed by atoms with Crippen LogP contribution in [0, 0.1) is 6.92 Å². The van der Waals surface area contributed by atoms with E-state index >= 15 is 0 Å². The molecule has 1 heterocycles. The number of hydrogen-bond donors (Lipinski definition) is 2. The molecule has 0 bridgehead atoms. The molecule has 6 nitrogen and oxygen atoms in total. The van der Waals surface area contributed by atoms with E-state index in [2.05, 4.69) is 28.4 Å². The summed E-state index contributed by atoms with van der Waals surface area (Å²) in [6, 6.07) is 7.89. The topological polar surface area (TPSA) is 80.4 Å². The lowest BCUT2D eigenvalue weighted by molar-refractivity contribution is 0.106. The Morgan fingerprint density at radius 1 is 1.43 bits per heavy atom. The average molecular weight is 291 g/mol. The van der Waals surface area contributed by atoms with E-state index in [-0.39, 0.29) is 6.61 Å². The molecule has 0 saturated carbocycles. The number of aliphatic hydroxyl groups excluding tert-OH is 1. The van der Waals surface area contributed by atoms with Crippen LogP contribution in [0.4, 0.5) is 0 Å². The summed E-state index contributed by atoms with van der Waals surface area (Å²) >= 11 is 0. The molecule has 6 heteroatoms. The Balaban J connectivity index is 1.68. The Morgan fingerprint density at radius 3 is 3.00 bits per heavy atom. The molecule has 1 atom stereocenters. The van der Waals surface area contributed by atoms with Gasteiger partial charge in [0.25, 0.3) is 0 Å². The highest BCUT2D eigenvalue weighted by atomic mass is 16.5. The van der Waals surface area contributed by atoms with Crippen molar-refractivity contribution in [1.29, 1.82) is 0 Å². The number of aliphatic hydroxyl groups is 1. The highest BCUT2D eigenvalue weighted by Crippen LogP contribution is 2.13. The van der Waals surface area contributed by atoms with Gasteiger partial charge in [-0.25, -0.2) is 0 Å². The zero-order valence-corrected chi connectivity index (χ0v) is 12.4. The third-order valence-electron chi connectivity index (χ3n) is 2.98. The molecule has 1 unspecified atom stereocenters. The van der Waals surface area contributed by atoms with Gasteiger partial charge >= 0.3 is 0 Å². The van der Waals surface area contributed by atoms with Crippen molar-refractivity contribution >= 4 is 0 Å². The van der Waals surface area contributed by atoms with Crippen LogP contribution in [0.2, 0.25) is 0 Å². The van der Waals surface area contributed by atoms with Gasteiger partial charge in [0.15, 0.2) is 5.82 Å². The highest BCUT2D eigenvalue weighted by molar-refractivity contribution is 5.28. The number of ether oxygens (including phenoxy) is 1. The quantitative estimate of drug-likeness (QED) is 0.766. The molecule has 1 aromatic heterocycles. The lowest BCUT2D eigenvalue weighted by Crippen LogP contribution is -2.31. The van der Waals surface area contributed by atoms with Crippen molar-refractivity contribution in [2.45, 2.75) is 32.9 Å². The van der Waals surface area contributed by atoms with Gasteiger partial charge in [0.1, 0.15) is 18.5 Å². The normalized spacial score (nSPS) is 12.3. The van der Waals surface area contributed by atoms with Crippen LogP contribution in [-0.4, -0.2) is 34.5 Å². The van der Waals surface area contributed by atoms with Gasteiger partial charge in [0, 0.05) is 13.5 Å². The number of benzene rings is 1. The first-order chi connectivity index (χ1) is 10.2. The summed E-state index contributed by atoms with van der Waals surface area (Å²) in [7, 11) is 0. The number of rotatable bonds is 8. The molecule has 2 aromatic rings. The van der Waals surface area contributed by atoms with Crippen LogP contribution < -0.4 is 10.1 Å². The third kappa shape index (κ3) is 5.17. The Labute approximate surface area is 124 Å². The summed E-state index contributed by atoms with van der Waals surface area (Å²) in [5.41, 5.74) is 1.22. The van der Waals surface area contributed by atoms with Gasteiger partial charge < -0.3 is 19.7 Å². The van der Waals surface area contributed by atoms with E-state index in [0.29, 0.717) is 24.8 Å². The zero-order valence-electron chi connectivity index (χ0n) is 12.4. The first-order valence-electron chi connectivity index (χ1n) is 7.07. The monoisotopic (exact) mass is 291 g/mol. The molecule has 0 aliphatic heterocycles. The molecule has 0 fully saturated rings. The molecule has 0 spiro atoms. The number of nitrogens with one attached hydrogen (secondary N) is 1. The molecule has 0 aliphatic rings. The first kappa shape index (κ1) is 15.5. The fourth-order valence-electron chi connectivity index (χ4n) is 1.87. The Bertz CT molecular complexity index is 557. The van der Waals surface area contributed by atoms with Gasteiger partial charge in [0.05, 0.1) is 6.54 Å². The first-order valence-corrected chi connectivity index (χ1v) is 7.07. The van der Waals surface area contributed by atoms with Crippen molar-refractivity contribution in [3.63, 3.8) is 0 Å². The minimum absolute atomic E-state index is 0.242. The van der Waals surface area contributed by atoms with E-state index < -0.39 is 6.10 Å². The van der Waals surface area contributed by atoms with Crippen molar-refractivity contribution in [2.24, 2.45) is 0 Å². The van der Waals surface area contributed by atoms with Crippen molar-refractivity contribution in [3.05, 3.63) is 41.5 Å².